The number of nitrogens with zero attached hydrogens (tertiary/aromatic N) is 2. The van der Waals surface area contributed by atoms with Gasteiger partial charge >= 0.3 is 0 Å². The Bertz CT molecular complexity index is 1020. The number of benzene rings is 2. The molecule has 0 aliphatic carbocycles. The first kappa shape index (κ1) is 17.8. The summed E-state index contributed by atoms with van der Waals surface area (Å²) in [4.78, 5) is 4.90. The van der Waals surface area contributed by atoms with Gasteiger partial charge < -0.3 is 5.32 Å². The normalized spacial score (nSPS) is 11.8. The van der Waals surface area contributed by atoms with Crippen molar-refractivity contribution in [2.45, 2.75) is 11.4 Å². The van der Waals surface area contributed by atoms with Gasteiger partial charge in [0.25, 0.3) is 0 Å². The molecule has 130 valence electrons. The minimum atomic E-state index is -3.49. The van der Waals surface area contributed by atoms with Gasteiger partial charge in [-0.05, 0) is 45.8 Å². The number of fused-ring (bicyclic) bond motifs is 1. The lowest BCUT2D eigenvalue weighted by atomic mass is 10.2. The second kappa shape index (κ2) is 7.11. The van der Waals surface area contributed by atoms with E-state index < -0.39 is 10.0 Å². The average Bonchev–Trinajstić information content (AvgIpc) is 2.60. The first-order valence-corrected chi connectivity index (χ1v) is 9.92. The highest BCUT2D eigenvalue weighted by atomic mass is 79.9. The number of para-hydroxylation sites is 1. The van der Waals surface area contributed by atoms with Crippen LogP contribution in [0.2, 0.25) is 0 Å². The lowest BCUT2D eigenvalue weighted by molar-refractivity contribution is 0.520. The summed E-state index contributed by atoms with van der Waals surface area (Å²) in [6.45, 7) is 0.367. The third-order valence-corrected chi connectivity index (χ3v) is 6.42. The maximum Gasteiger partial charge on any atom is 0.242 e. The molecule has 0 spiro atoms. The van der Waals surface area contributed by atoms with Crippen LogP contribution < -0.4 is 5.32 Å². The molecule has 25 heavy (non-hydrogen) atoms. The first-order chi connectivity index (χ1) is 11.9. The molecule has 1 N–H and O–H groups in total. The predicted molar refractivity (Wildman–Crippen MR) is 104 cm³/mol. The van der Waals surface area contributed by atoms with Crippen LogP contribution in [0, 0.1) is 0 Å². The van der Waals surface area contributed by atoms with Gasteiger partial charge in [-0.3, -0.25) is 0 Å². The molecule has 7 heteroatoms. The van der Waals surface area contributed by atoms with Gasteiger partial charge in [0.1, 0.15) is 5.82 Å². The third kappa shape index (κ3) is 3.68. The molecular weight excluding hydrogens is 402 g/mol. The van der Waals surface area contributed by atoms with Crippen molar-refractivity contribution >= 4 is 42.7 Å². The van der Waals surface area contributed by atoms with E-state index in [1.807, 2.05) is 36.4 Å². The van der Waals surface area contributed by atoms with Crippen molar-refractivity contribution in [2.75, 3.05) is 19.4 Å². The number of aromatic nitrogens is 1. The van der Waals surface area contributed by atoms with E-state index in [2.05, 4.69) is 26.2 Å². The molecule has 5 nitrogen and oxygen atoms in total. The number of rotatable bonds is 5. The highest BCUT2D eigenvalue weighted by Gasteiger charge is 2.20. The number of nitrogens with one attached hydrogen (secondary N) is 1. The predicted octanol–water partition coefficient (Wildman–Crippen LogP) is 3.86. The third-order valence-electron chi connectivity index (χ3n) is 3.86. The van der Waals surface area contributed by atoms with Crippen LogP contribution >= 0.6 is 15.9 Å². The zero-order valence-electron chi connectivity index (χ0n) is 13.9. The molecule has 3 aromatic rings. The average molecular weight is 420 g/mol. The topological polar surface area (TPSA) is 62.3 Å². The molecule has 3 rings (SSSR count). The second-order valence-electron chi connectivity index (χ2n) is 5.76. The smallest absolute Gasteiger partial charge is 0.242 e. The lowest BCUT2D eigenvalue weighted by Gasteiger charge is -2.15. The van der Waals surface area contributed by atoms with Crippen LogP contribution in [0.5, 0.6) is 0 Å². The Morgan fingerprint density at radius 2 is 1.80 bits per heavy atom. The fourth-order valence-corrected chi connectivity index (χ4v) is 4.08. The van der Waals surface area contributed by atoms with Crippen molar-refractivity contribution in [3.05, 3.63) is 64.6 Å². The highest BCUT2D eigenvalue weighted by Crippen LogP contribution is 2.24. The van der Waals surface area contributed by atoms with E-state index in [-0.39, 0.29) is 0 Å². The molecule has 0 atom stereocenters. The number of hydrogen-bond acceptors (Lipinski definition) is 4. The molecular formula is C18H18BrN3O2S. The molecule has 1 aromatic heterocycles. The fourth-order valence-electron chi connectivity index (χ4n) is 2.49. The van der Waals surface area contributed by atoms with E-state index in [1.54, 1.807) is 18.2 Å². The van der Waals surface area contributed by atoms with Crippen LogP contribution in [-0.2, 0) is 16.6 Å². The van der Waals surface area contributed by atoms with E-state index in [4.69, 9.17) is 0 Å². The highest BCUT2D eigenvalue weighted by molar-refractivity contribution is 9.10. The molecule has 0 unspecified atom stereocenters. The standard InChI is InChI=1S/C18H18BrN3O2S/c1-22(2)25(23,24)16-9-4-3-6-14(16)12-20-17-11-10-13-7-5-8-15(19)18(13)21-17/h3-11H,12H2,1-2H3,(H,20,21). The molecule has 0 radical (unpaired) electrons. The van der Waals surface area contributed by atoms with Crippen molar-refractivity contribution in [3.63, 3.8) is 0 Å². The Kier molecular flexibility index (Phi) is 5.08. The van der Waals surface area contributed by atoms with Crippen molar-refractivity contribution in [2.24, 2.45) is 0 Å². The summed E-state index contributed by atoms with van der Waals surface area (Å²) in [6, 6.07) is 16.8. The van der Waals surface area contributed by atoms with Crippen LogP contribution in [-0.4, -0.2) is 31.8 Å². The first-order valence-electron chi connectivity index (χ1n) is 7.69. The van der Waals surface area contributed by atoms with E-state index in [0.29, 0.717) is 22.8 Å². The molecule has 0 bridgehead atoms. The molecule has 0 fully saturated rings. The summed E-state index contributed by atoms with van der Waals surface area (Å²) in [6.07, 6.45) is 0. The van der Waals surface area contributed by atoms with Crippen molar-refractivity contribution in [1.82, 2.24) is 9.29 Å². The monoisotopic (exact) mass is 419 g/mol. The summed E-state index contributed by atoms with van der Waals surface area (Å²) in [7, 11) is -0.428. The minimum Gasteiger partial charge on any atom is -0.366 e. The quantitative estimate of drug-likeness (QED) is 0.681. The summed E-state index contributed by atoms with van der Waals surface area (Å²) >= 11 is 3.51. The van der Waals surface area contributed by atoms with E-state index in [9.17, 15) is 8.42 Å². The Balaban J connectivity index is 1.89. The molecule has 0 saturated heterocycles. The Labute approximate surface area is 155 Å². The summed E-state index contributed by atoms with van der Waals surface area (Å²) in [5.74, 6) is 0.691. The van der Waals surface area contributed by atoms with E-state index in [1.165, 1.54) is 18.4 Å². The van der Waals surface area contributed by atoms with Gasteiger partial charge in [0, 0.05) is 30.5 Å². The van der Waals surface area contributed by atoms with Gasteiger partial charge in [-0.25, -0.2) is 17.7 Å². The summed E-state index contributed by atoms with van der Waals surface area (Å²) < 4.78 is 27.1. The van der Waals surface area contributed by atoms with E-state index >= 15 is 0 Å². The van der Waals surface area contributed by atoms with Crippen molar-refractivity contribution < 1.29 is 8.42 Å². The molecule has 2 aromatic carbocycles. The molecule has 1 heterocycles. The molecule has 0 aliphatic heterocycles. The van der Waals surface area contributed by atoms with Gasteiger partial charge in [-0.1, -0.05) is 30.3 Å². The van der Waals surface area contributed by atoms with Gasteiger partial charge in [-0.2, -0.15) is 0 Å². The Morgan fingerprint density at radius 1 is 1.04 bits per heavy atom. The van der Waals surface area contributed by atoms with Crippen molar-refractivity contribution in [3.8, 4) is 0 Å². The second-order valence-corrected chi connectivity index (χ2v) is 8.73. The maximum atomic E-state index is 12.5. The van der Waals surface area contributed by atoms with E-state index in [0.717, 1.165) is 15.4 Å². The summed E-state index contributed by atoms with van der Waals surface area (Å²) in [5.41, 5.74) is 1.56. The number of sulfonamides is 1. The molecule has 0 amide bonds. The number of hydrogen-bond donors (Lipinski definition) is 1. The molecule has 0 saturated carbocycles. The SMILES string of the molecule is CN(C)S(=O)(=O)c1ccccc1CNc1ccc2cccc(Br)c2n1. The van der Waals surface area contributed by atoms with Gasteiger partial charge in [0.2, 0.25) is 10.0 Å². The van der Waals surface area contributed by atoms with Crippen molar-refractivity contribution in [1.29, 1.82) is 0 Å². The number of anilines is 1. The van der Waals surface area contributed by atoms with Crippen LogP contribution in [0.4, 0.5) is 5.82 Å². The van der Waals surface area contributed by atoms with Crippen LogP contribution in [0.15, 0.2) is 64.0 Å². The van der Waals surface area contributed by atoms with Crippen LogP contribution in [0.1, 0.15) is 5.56 Å². The maximum absolute atomic E-state index is 12.5. The summed E-state index contributed by atoms with van der Waals surface area (Å²) in [5, 5.41) is 4.25. The van der Waals surface area contributed by atoms with Gasteiger partial charge in [-0.15, -0.1) is 0 Å². The minimum absolute atomic E-state index is 0.300. The van der Waals surface area contributed by atoms with Gasteiger partial charge in [0.15, 0.2) is 0 Å². The molecule has 0 aliphatic rings. The van der Waals surface area contributed by atoms with Crippen LogP contribution in [0.3, 0.4) is 0 Å². The zero-order valence-corrected chi connectivity index (χ0v) is 16.3. The number of pyridine rings is 1. The largest absolute Gasteiger partial charge is 0.366 e. The zero-order chi connectivity index (χ0) is 18.0. The lowest BCUT2D eigenvalue weighted by Crippen LogP contribution is -2.23. The fraction of sp³-hybridized carbons (Fsp3) is 0.167. The van der Waals surface area contributed by atoms with Gasteiger partial charge in [0.05, 0.1) is 10.4 Å². The van der Waals surface area contributed by atoms with Crippen LogP contribution in [0.25, 0.3) is 10.9 Å². The Hall–Kier alpha value is -1.96. The Morgan fingerprint density at radius 3 is 2.56 bits per heavy atom. The number of halogens is 1.